The Morgan fingerprint density at radius 2 is 2.17 bits per heavy atom. The van der Waals surface area contributed by atoms with Crippen LogP contribution in [-0.2, 0) is 6.42 Å². The van der Waals surface area contributed by atoms with E-state index >= 15 is 0 Å². The van der Waals surface area contributed by atoms with Crippen LogP contribution in [0.1, 0.15) is 31.9 Å². The molecule has 2 aromatic rings. The molecule has 2 rings (SSSR count). The molecule has 0 unspecified atom stereocenters. The molecule has 2 aromatic heterocycles. The average Bonchev–Trinajstić information content (AvgIpc) is 2.93. The Morgan fingerprint density at radius 1 is 1.33 bits per heavy atom. The van der Waals surface area contributed by atoms with Crippen LogP contribution in [0, 0.1) is 6.92 Å². The molecule has 0 atom stereocenters. The van der Waals surface area contributed by atoms with Crippen molar-refractivity contribution in [3.8, 4) is 11.5 Å². The fourth-order valence-electron chi connectivity index (χ4n) is 1.66. The summed E-state index contributed by atoms with van der Waals surface area (Å²) in [5.41, 5.74) is 0.839. The highest BCUT2D eigenvalue weighted by Gasteiger charge is 2.10. The Morgan fingerprint density at radius 3 is 2.83 bits per heavy atom. The molecule has 0 fully saturated rings. The lowest BCUT2D eigenvalue weighted by Gasteiger charge is -2.05. The van der Waals surface area contributed by atoms with Crippen LogP contribution in [-0.4, -0.2) is 22.8 Å². The van der Waals surface area contributed by atoms with Gasteiger partial charge in [-0.05, 0) is 26.0 Å². The summed E-state index contributed by atoms with van der Waals surface area (Å²) in [5, 5.41) is 11.4. The van der Waals surface area contributed by atoms with Gasteiger partial charge in [0.1, 0.15) is 12.0 Å². The first-order valence-corrected chi connectivity index (χ1v) is 6.26. The average molecular weight is 249 g/mol. The van der Waals surface area contributed by atoms with Gasteiger partial charge in [0.05, 0.1) is 5.56 Å². The Labute approximate surface area is 107 Å². The van der Waals surface area contributed by atoms with E-state index in [0.29, 0.717) is 17.8 Å². The highest BCUT2D eigenvalue weighted by Crippen LogP contribution is 2.20. The van der Waals surface area contributed by atoms with Gasteiger partial charge in [-0.3, -0.25) is 0 Å². The van der Waals surface area contributed by atoms with Crippen LogP contribution >= 0.6 is 0 Å². The minimum Gasteiger partial charge on any atom is -0.469 e. The summed E-state index contributed by atoms with van der Waals surface area (Å²) in [6, 6.07) is 2.40. The molecular formula is C13H19N3O2. The largest absolute Gasteiger partial charge is 0.469 e. The summed E-state index contributed by atoms with van der Waals surface area (Å²) >= 11 is 0. The van der Waals surface area contributed by atoms with Crippen molar-refractivity contribution in [2.75, 3.05) is 6.54 Å². The molecule has 98 valence electrons. The smallest absolute Gasteiger partial charge is 0.250 e. The Kier molecular flexibility index (Phi) is 4.15. The van der Waals surface area contributed by atoms with Crippen molar-refractivity contribution in [3.05, 3.63) is 24.0 Å². The first-order valence-electron chi connectivity index (χ1n) is 6.26. The normalized spacial score (nSPS) is 11.3. The molecule has 0 aliphatic rings. The third-order valence-corrected chi connectivity index (χ3v) is 2.56. The number of nitrogens with zero attached hydrogens (tertiary/aromatic N) is 2. The van der Waals surface area contributed by atoms with Crippen LogP contribution in [0.25, 0.3) is 11.5 Å². The number of rotatable bonds is 6. The summed E-state index contributed by atoms with van der Waals surface area (Å²) < 4.78 is 10.8. The number of hydrogen-bond acceptors (Lipinski definition) is 5. The van der Waals surface area contributed by atoms with Crippen molar-refractivity contribution in [3.63, 3.8) is 0 Å². The summed E-state index contributed by atoms with van der Waals surface area (Å²) in [7, 11) is 0. The first kappa shape index (κ1) is 12.8. The number of aryl methyl sites for hydroxylation is 2. The Balaban J connectivity index is 1.86. The van der Waals surface area contributed by atoms with Gasteiger partial charge in [0.15, 0.2) is 0 Å². The van der Waals surface area contributed by atoms with Gasteiger partial charge in [-0.2, -0.15) is 0 Å². The zero-order valence-electron chi connectivity index (χ0n) is 11.1. The lowest BCUT2D eigenvalue weighted by molar-refractivity contribution is 0.482. The van der Waals surface area contributed by atoms with Crippen LogP contribution in [0.15, 0.2) is 21.2 Å². The van der Waals surface area contributed by atoms with Crippen LogP contribution in [0.3, 0.4) is 0 Å². The van der Waals surface area contributed by atoms with Crippen molar-refractivity contribution < 1.29 is 8.83 Å². The molecule has 0 amide bonds. The maximum Gasteiger partial charge on any atom is 0.250 e. The second-order valence-electron chi connectivity index (χ2n) is 4.66. The van der Waals surface area contributed by atoms with Crippen molar-refractivity contribution >= 4 is 0 Å². The van der Waals surface area contributed by atoms with E-state index in [-0.39, 0.29) is 0 Å². The van der Waals surface area contributed by atoms with E-state index in [9.17, 15) is 0 Å². The number of aromatic nitrogens is 2. The molecule has 0 aliphatic carbocycles. The summed E-state index contributed by atoms with van der Waals surface area (Å²) in [6.45, 7) is 7.11. The Bertz CT molecular complexity index is 488. The molecule has 0 bridgehead atoms. The van der Waals surface area contributed by atoms with Crippen molar-refractivity contribution in [2.45, 2.75) is 39.7 Å². The number of hydrogen-bond donors (Lipinski definition) is 1. The van der Waals surface area contributed by atoms with Gasteiger partial charge in [-0.1, -0.05) is 13.8 Å². The van der Waals surface area contributed by atoms with E-state index in [1.165, 1.54) is 0 Å². The fourth-order valence-corrected chi connectivity index (χ4v) is 1.66. The van der Waals surface area contributed by atoms with Crippen LogP contribution < -0.4 is 5.32 Å². The molecule has 1 N–H and O–H groups in total. The Hall–Kier alpha value is -1.62. The molecular weight excluding hydrogens is 230 g/mol. The monoisotopic (exact) mass is 249 g/mol. The number of nitrogens with one attached hydrogen (secondary N) is 1. The number of furan rings is 1. The molecule has 0 aromatic carbocycles. The molecule has 0 saturated carbocycles. The molecule has 0 spiro atoms. The summed E-state index contributed by atoms with van der Waals surface area (Å²) in [6.07, 6.45) is 3.42. The highest BCUT2D eigenvalue weighted by atomic mass is 16.4. The summed E-state index contributed by atoms with van der Waals surface area (Å²) in [5.74, 6) is 2.04. The second kappa shape index (κ2) is 5.82. The molecule has 2 heterocycles. The van der Waals surface area contributed by atoms with Gasteiger partial charge < -0.3 is 14.2 Å². The predicted octanol–water partition coefficient (Wildman–Crippen LogP) is 2.57. The SMILES string of the molecule is Cc1cc(-c2nnc(CCCNC(C)C)o2)co1. The van der Waals surface area contributed by atoms with Gasteiger partial charge >= 0.3 is 0 Å². The van der Waals surface area contributed by atoms with E-state index in [0.717, 1.165) is 30.7 Å². The summed E-state index contributed by atoms with van der Waals surface area (Å²) in [4.78, 5) is 0. The van der Waals surface area contributed by atoms with E-state index in [1.54, 1.807) is 6.26 Å². The fraction of sp³-hybridized carbons (Fsp3) is 0.538. The van der Waals surface area contributed by atoms with E-state index in [1.807, 2.05) is 13.0 Å². The lowest BCUT2D eigenvalue weighted by atomic mass is 10.3. The van der Waals surface area contributed by atoms with E-state index in [4.69, 9.17) is 8.83 Å². The lowest BCUT2D eigenvalue weighted by Crippen LogP contribution is -2.23. The minimum absolute atomic E-state index is 0.511. The van der Waals surface area contributed by atoms with Gasteiger partial charge in [0, 0.05) is 12.5 Å². The van der Waals surface area contributed by atoms with E-state index < -0.39 is 0 Å². The zero-order chi connectivity index (χ0) is 13.0. The molecule has 0 radical (unpaired) electrons. The van der Waals surface area contributed by atoms with Crippen molar-refractivity contribution in [1.82, 2.24) is 15.5 Å². The molecule has 5 heteroatoms. The molecule has 18 heavy (non-hydrogen) atoms. The maximum atomic E-state index is 5.58. The third-order valence-electron chi connectivity index (χ3n) is 2.56. The minimum atomic E-state index is 0.511. The highest BCUT2D eigenvalue weighted by molar-refractivity contribution is 5.50. The topological polar surface area (TPSA) is 64.1 Å². The van der Waals surface area contributed by atoms with Crippen LogP contribution in [0.2, 0.25) is 0 Å². The van der Waals surface area contributed by atoms with Gasteiger partial charge in [-0.25, -0.2) is 0 Å². The van der Waals surface area contributed by atoms with Gasteiger partial charge in [0.25, 0.3) is 5.89 Å². The first-order chi connectivity index (χ1) is 8.65. The zero-order valence-corrected chi connectivity index (χ0v) is 11.1. The maximum absolute atomic E-state index is 5.58. The van der Waals surface area contributed by atoms with Crippen molar-refractivity contribution in [1.29, 1.82) is 0 Å². The molecule has 5 nitrogen and oxygen atoms in total. The second-order valence-corrected chi connectivity index (χ2v) is 4.66. The molecule has 0 aliphatic heterocycles. The third kappa shape index (κ3) is 3.43. The standard InChI is InChI=1S/C13H19N3O2/c1-9(2)14-6-4-5-12-15-16-13(18-12)11-7-10(3)17-8-11/h7-9,14H,4-6H2,1-3H3. The van der Waals surface area contributed by atoms with Crippen molar-refractivity contribution in [2.24, 2.45) is 0 Å². The van der Waals surface area contributed by atoms with E-state index in [2.05, 4.69) is 29.4 Å². The quantitative estimate of drug-likeness (QED) is 0.797. The van der Waals surface area contributed by atoms with Crippen LogP contribution in [0.4, 0.5) is 0 Å². The molecule has 0 saturated heterocycles. The van der Waals surface area contributed by atoms with Gasteiger partial charge in [-0.15, -0.1) is 10.2 Å². The van der Waals surface area contributed by atoms with Crippen LogP contribution in [0.5, 0.6) is 0 Å². The predicted molar refractivity (Wildman–Crippen MR) is 68.2 cm³/mol. The van der Waals surface area contributed by atoms with Gasteiger partial charge in [0.2, 0.25) is 5.89 Å².